The number of rotatable bonds is 6. The molecule has 132 valence electrons. The fourth-order valence-corrected chi connectivity index (χ4v) is 2.94. The fourth-order valence-electron chi connectivity index (χ4n) is 2.94. The van der Waals surface area contributed by atoms with Gasteiger partial charge in [0, 0.05) is 11.8 Å². The van der Waals surface area contributed by atoms with E-state index >= 15 is 0 Å². The minimum atomic E-state index is -1.13. The first kappa shape index (κ1) is 17.2. The van der Waals surface area contributed by atoms with Gasteiger partial charge in [0.2, 0.25) is 0 Å². The monoisotopic (exact) mass is 343 g/mol. The predicted molar refractivity (Wildman–Crippen MR) is 91.7 cm³/mol. The second kappa shape index (κ2) is 7.98. The molecule has 25 heavy (non-hydrogen) atoms. The fraction of sp³-hybridized carbons (Fsp3) is 0.368. The molecule has 2 aromatic rings. The van der Waals surface area contributed by atoms with Crippen LogP contribution in [0.1, 0.15) is 58.6 Å². The lowest BCUT2D eigenvalue weighted by Crippen LogP contribution is -2.16. The van der Waals surface area contributed by atoms with Crippen molar-refractivity contribution in [3.05, 3.63) is 53.5 Å². The summed E-state index contributed by atoms with van der Waals surface area (Å²) in [7, 11) is 0. The van der Waals surface area contributed by atoms with Gasteiger partial charge in [-0.25, -0.2) is 4.79 Å². The summed E-state index contributed by atoms with van der Waals surface area (Å²) < 4.78 is 10.9. The van der Waals surface area contributed by atoms with Crippen molar-refractivity contribution in [2.24, 2.45) is 0 Å². The Morgan fingerprint density at radius 3 is 2.72 bits per heavy atom. The van der Waals surface area contributed by atoms with Crippen LogP contribution in [0.25, 0.3) is 0 Å². The number of ether oxygens (including phenoxy) is 1. The van der Waals surface area contributed by atoms with E-state index in [0.29, 0.717) is 18.4 Å². The lowest BCUT2D eigenvalue weighted by Gasteiger charge is -2.22. The Kier molecular flexibility index (Phi) is 5.50. The van der Waals surface area contributed by atoms with Gasteiger partial charge in [0.15, 0.2) is 5.76 Å². The van der Waals surface area contributed by atoms with Crippen molar-refractivity contribution < 1.29 is 23.8 Å². The molecule has 1 heterocycles. The molecule has 1 fully saturated rings. The van der Waals surface area contributed by atoms with Crippen molar-refractivity contribution in [3.8, 4) is 0 Å². The highest BCUT2D eigenvalue weighted by atomic mass is 16.5. The summed E-state index contributed by atoms with van der Waals surface area (Å²) in [6.45, 7) is 0.512. The summed E-state index contributed by atoms with van der Waals surface area (Å²) >= 11 is 0. The molecule has 0 spiro atoms. The second-order valence-corrected chi connectivity index (χ2v) is 6.23. The van der Waals surface area contributed by atoms with Crippen molar-refractivity contribution in [2.75, 3.05) is 5.32 Å². The van der Waals surface area contributed by atoms with E-state index < -0.39 is 11.9 Å². The Morgan fingerprint density at radius 2 is 2.00 bits per heavy atom. The summed E-state index contributed by atoms with van der Waals surface area (Å²) in [6.07, 6.45) is 7.33. The topological polar surface area (TPSA) is 88.8 Å². The van der Waals surface area contributed by atoms with Gasteiger partial charge < -0.3 is 19.6 Å². The van der Waals surface area contributed by atoms with E-state index in [1.54, 1.807) is 6.07 Å². The van der Waals surface area contributed by atoms with Gasteiger partial charge in [0.25, 0.3) is 5.91 Å². The van der Waals surface area contributed by atoms with Gasteiger partial charge in [0.1, 0.15) is 6.26 Å². The molecule has 1 aliphatic carbocycles. The molecular formula is C19H21NO5. The van der Waals surface area contributed by atoms with E-state index in [1.807, 2.05) is 18.2 Å². The number of nitrogens with one attached hydrogen (secondary N) is 1. The Hall–Kier alpha value is -2.60. The number of carboxylic acids is 1. The normalized spacial score (nSPS) is 15.0. The summed E-state index contributed by atoms with van der Waals surface area (Å²) in [6, 6.07) is 8.62. The summed E-state index contributed by atoms with van der Waals surface area (Å²) in [4.78, 5) is 23.0. The number of benzene rings is 1. The predicted octanol–water partition coefficient (Wildman–Crippen LogP) is 4.08. The first-order chi connectivity index (χ1) is 12.1. The minimum absolute atomic E-state index is 0.0405. The standard InChI is InChI=1S/C19H21NO5/c21-18(17-10-14(12-25-17)19(22)23)20-15-6-4-5-13(9-15)11-24-16-7-2-1-3-8-16/h4-6,9-10,12,16H,1-3,7-8,11H2,(H,20,21)(H,22,23). The molecule has 1 aromatic heterocycles. The molecule has 2 N–H and O–H groups in total. The van der Waals surface area contributed by atoms with Crippen molar-refractivity contribution in [2.45, 2.75) is 44.8 Å². The number of amides is 1. The highest BCUT2D eigenvalue weighted by Crippen LogP contribution is 2.22. The number of furan rings is 1. The Bertz CT molecular complexity index is 746. The van der Waals surface area contributed by atoms with E-state index in [2.05, 4.69) is 5.32 Å². The average Bonchev–Trinajstić information content (AvgIpc) is 3.12. The van der Waals surface area contributed by atoms with Crippen molar-refractivity contribution in [3.63, 3.8) is 0 Å². The molecular weight excluding hydrogens is 322 g/mol. The van der Waals surface area contributed by atoms with Crippen LogP contribution in [-0.4, -0.2) is 23.1 Å². The molecule has 6 heteroatoms. The van der Waals surface area contributed by atoms with Crippen LogP contribution in [-0.2, 0) is 11.3 Å². The number of carboxylic acid groups (broad SMARTS) is 1. The third-order valence-electron chi connectivity index (χ3n) is 4.29. The van der Waals surface area contributed by atoms with Crippen LogP contribution in [0, 0.1) is 0 Å². The van der Waals surface area contributed by atoms with Crippen molar-refractivity contribution in [1.82, 2.24) is 0 Å². The number of hydrogen-bond donors (Lipinski definition) is 2. The molecule has 1 aromatic carbocycles. The second-order valence-electron chi connectivity index (χ2n) is 6.23. The van der Waals surface area contributed by atoms with Crippen LogP contribution in [0.2, 0.25) is 0 Å². The highest BCUT2D eigenvalue weighted by Gasteiger charge is 2.16. The largest absolute Gasteiger partial charge is 0.478 e. The molecule has 0 atom stereocenters. The van der Waals surface area contributed by atoms with Gasteiger partial charge in [-0.3, -0.25) is 4.79 Å². The zero-order valence-corrected chi connectivity index (χ0v) is 13.9. The number of carbonyl (C=O) groups excluding carboxylic acids is 1. The minimum Gasteiger partial charge on any atom is -0.478 e. The number of anilines is 1. The smallest absolute Gasteiger partial charge is 0.338 e. The van der Waals surface area contributed by atoms with Gasteiger partial charge in [0.05, 0.1) is 18.3 Å². The van der Waals surface area contributed by atoms with Crippen molar-refractivity contribution in [1.29, 1.82) is 0 Å². The Labute approximate surface area is 145 Å². The number of aromatic carboxylic acids is 1. The Morgan fingerprint density at radius 1 is 1.20 bits per heavy atom. The highest BCUT2D eigenvalue weighted by molar-refractivity contribution is 6.03. The Balaban J connectivity index is 1.58. The SMILES string of the molecule is O=C(O)c1coc(C(=O)Nc2cccc(COC3CCCCC3)c2)c1. The molecule has 1 saturated carbocycles. The van der Waals surface area contributed by atoms with Crippen LogP contribution in [0.4, 0.5) is 5.69 Å². The lowest BCUT2D eigenvalue weighted by atomic mass is 9.98. The molecule has 0 saturated heterocycles. The summed E-state index contributed by atoms with van der Waals surface area (Å²) in [5.74, 6) is -1.66. The van der Waals surface area contributed by atoms with Crippen LogP contribution in [0.5, 0.6) is 0 Å². The van der Waals surface area contributed by atoms with Crippen molar-refractivity contribution >= 4 is 17.6 Å². The van der Waals surface area contributed by atoms with Crippen LogP contribution in [0.15, 0.2) is 41.0 Å². The van der Waals surface area contributed by atoms with Gasteiger partial charge in [-0.1, -0.05) is 31.4 Å². The molecule has 0 bridgehead atoms. The quantitative estimate of drug-likeness (QED) is 0.825. The molecule has 1 aliphatic rings. The van der Waals surface area contributed by atoms with Crippen LogP contribution >= 0.6 is 0 Å². The van der Waals surface area contributed by atoms with E-state index in [9.17, 15) is 9.59 Å². The molecule has 1 amide bonds. The van der Waals surface area contributed by atoms with E-state index in [0.717, 1.165) is 24.7 Å². The van der Waals surface area contributed by atoms with Gasteiger partial charge in [-0.05, 0) is 30.5 Å². The third kappa shape index (κ3) is 4.70. The maximum Gasteiger partial charge on any atom is 0.338 e. The summed E-state index contributed by atoms with van der Waals surface area (Å²) in [5.41, 5.74) is 1.54. The first-order valence-corrected chi connectivity index (χ1v) is 8.45. The van der Waals surface area contributed by atoms with Crippen LogP contribution in [0.3, 0.4) is 0 Å². The van der Waals surface area contributed by atoms with Gasteiger partial charge in [-0.15, -0.1) is 0 Å². The first-order valence-electron chi connectivity index (χ1n) is 8.45. The lowest BCUT2D eigenvalue weighted by molar-refractivity contribution is 0.0169. The maximum absolute atomic E-state index is 12.1. The molecule has 6 nitrogen and oxygen atoms in total. The van der Waals surface area contributed by atoms with E-state index in [-0.39, 0.29) is 11.3 Å². The molecule has 0 unspecified atom stereocenters. The molecule has 0 aliphatic heterocycles. The average molecular weight is 343 g/mol. The van der Waals surface area contributed by atoms with Gasteiger partial charge in [-0.2, -0.15) is 0 Å². The van der Waals surface area contributed by atoms with E-state index in [4.69, 9.17) is 14.3 Å². The number of carbonyl (C=O) groups is 2. The zero-order valence-electron chi connectivity index (χ0n) is 13.9. The molecule has 0 radical (unpaired) electrons. The maximum atomic E-state index is 12.1. The third-order valence-corrected chi connectivity index (χ3v) is 4.29. The number of hydrogen-bond acceptors (Lipinski definition) is 4. The molecule has 3 rings (SSSR count). The van der Waals surface area contributed by atoms with E-state index in [1.165, 1.54) is 25.3 Å². The van der Waals surface area contributed by atoms with Crippen LogP contribution < -0.4 is 5.32 Å². The zero-order chi connectivity index (χ0) is 17.6. The van der Waals surface area contributed by atoms with Gasteiger partial charge >= 0.3 is 5.97 Å². The summed E-state index contributed by atoms with van der Waals surface area (Å²) in [5, 5.41) is 11.6.